The Balaban J connectivity index is 1.86. The van der Waals surface area contributed by atoms with Gasteiger partial charge in [-0.2, -0.15) is 18.3 Å². The maximum atomic E-state index is 12.8. The minimum Gasteiger partial charge on any atom is -0.271 e. The quantitative estimate of drug-likeness (QED) is 0.361. The molecule has 0 aliphatic carbocycles. The first kappa shape index (κ1) is 21.5. The average Bonchev–Trinajstić information content (AvgIpc) is 3.13. The van der Waals surface area contributed by atoms with Gasteiger partial charge in [0.1, 0.15) is 0 Å². The van der Waals surface area contributed by atoms with Gasteiger partial charge in [-0.05, 0) is 29.2 Å². The highest BCUT2D eigenvalue weighted by Gasteiger charge is 2.30. The molecule has 0 radical (unpaired) electrons. The number of nitro groups is 1. The van der Waals surface area contributed by atoms with Crippen molar-refractivity contribution in [1.82, 2.24) is 9.78 Å². The van der Waals surface area contributed by atoms with Gasteiger partial charge in [-0.15, -0.1) is 0 Å². The zero-order valence-corrected chi connectivity index (χ0v) is 16.8. The van der Waals surface area contributed by atoms with Crippen LogP contribution in [0.1, 0.15) is 37.8 Å². The monoisotopic (exact) mass is 417 g/mol. The second-order valence-corrected chi connectivity index (χ2v) is 8.27. The average molecular weight is 417 g/mol. The molecule has 0 N–H and O–H groups in total. The second-order valence-electron chi connectivity index (χ2n) is 8.27. The summed E-state index contributed by atoms with van der Waals surface area (Å²) in [6.45, 7) is 6.63. The van der Waals surface area contributed by atoms with Crippen LogP contribution in [0.5, 0.6) is 0 Å². The van der Waals surface area contributed by atoms with Crippen LogP contribution in [0.4, 0.5) is 18.9 Å². The van der Waals surface area contributed by atoms with Crippen LogP contribution in [0.25, 0.3) is 11.3 Å². The molecule has 0 fully saturated rings. The number of non-ortho nitro benzene ring substituents is 1. The van der Waals surface area contributed by atoms with Crippen LogP contribution >= 0.6 is 0 Å². The summed E-state index contributed by atoms with van der Waals surface area (Å²) >= 11 is 0. The molecular weight excluding hydrogens is 395 g/mol. The molecule has 158 valence electrons. The van der Waals surface area contributed by atoms with E-state index in [0.717, 1.165) is 17.7 Å². The van der Waals surface area contributed by atoms with Gasteiger partial charge >= 0.3 is 6.18 Å². The number of aromatic nitrogens is 2. The fourth-order valence-corrected chi connectivity index (χ4v) is 3.37. The van der Waals surface area contributed by atoms with Gasteiger partial charge in [-0.1, -0.05) is 45.0 Å². The standard InChI is InChI=1S/C22H22F3N3O2/c1-21(2,3)19(16-5-4-6-18(13-16)28(29)30)14-27-12-11-20(26-27)15-7-9-17(10-8-15)22(23,24)25/h4-13,19H,14H2,1-3H3/t19-/m1/s1. The lowest BCUT2D eigenvalue weighted by atomic mass is 9.76. The molecule has 0 saturated carbocycles. The van der Waals surface area contributed by atoms with Crippen molar-refractivity contribution in [1.29, 1.82) is 0 Å². The van der Waals surface area contributed by atoms with Gasteiger partial charge < -0.3 is 0 Å². The molecule has 1 aromatic heterocycles. The summed E-state index contributed by atoms with van der Waals surface area (Å²) in [4.78, 5) is 10.7. The second kappa shape index (κ2) is 7.93. The Morgan fingerprint density at radius 3 is 2.30 bits per heavy atom. The highest BCUT2D eigenvalue weighted by Crippen LogP contribution is 2.37. The number of nitrogens with zero attached hydrogens (tertiary/aromatic N) is 3. The van der Waals surface area contributed by atoms with E-state index in [9.17, 15) is 23.3 Å². The van der Waals surface area contributed by atoms with E-state index in [1.54, 1.807) is 29.1 Å². The maximum Gasteiger partial charge on any atom is 0.416 e. The number of hydrogen-bond donors (Lipinski definition) is 0. The summed E-state index contributed by atoms with van der Waals surface area (Å²) in [7, 11) is 0. The predicted molar refractivity (Wildman–Crippen MR) is 108 cm³/mol. The van der Waals surface area contributed by atoms with E-state index < -0.39 is 16.7 Å². The van der Waals surface area contributed by atoms with Gasteiger partial charge in [0.2, 0.25) is 0 Å². The largest absolute Gasteiger partial charge is 0.416 e. The zero-order chi connectivity index (χ0) is 22.1. The van der Waals surface area contributed by atoms with Gasteiger partial charge in [0.25, 0.3) is 5.69 Å². The van der Waals surface area contributed by atoms with E-state index in [1.165, 1.54) is 18.2 Å². The third-order valence-electron chi connectivity index (χ3n) is 5.05. The lowest BCUT2D eigenvalue weighted by molar-refractivity contribution is -0.384. The van der Waals surface area contributed by atoms with Crippen molar-refractivity contribution >= 4 is 5.69 Å². The molecule has 1 atom stereocenters. The predicted octanol–water partition coefficient (Wildman–Crippen LogP) is 6.31. The molecule has 3 rings (SSSR count). The van der Waals surface area contributed by atoms with Crippen molar-refractivity contribution < 1.29 is 18.1 Å². The van der Waals surface area contributed by atoms with Crippen molar-refractivity contribution in [2.75, 3.05) is 0 Å². The zero-order valence-electron chi connectivity index (χ0n) is 16.8. The molecule has 0 amide bonds. The van der Waals surface area contributed by atoms with Gasteiger partial charge in [0, 0.05) is 36.4 Å². The summed E-state index contributed by atoms with van der Waals surface area (Å²) in [5.74, 6) is -0.0576. The molecule has 0 aliphatic heterocycles. The van der Waals surface area contributed by atoms with Crippen LogP contribution in [0, 0.1) is 15.5 Å². The Labute approximate surface area is 172 Å². The van der Waals surface area contributed by atoms with E-state index in [2.05, 4.69) is 25.9 Å². The third kappa shape index (κ3) is 4.87. The summed E-state index contributed by atoms with van der Waals surface area (Å²) in [6, 6.07) is 13.2. The maximum absolute atomic E-state index is 12.8. The van der Waals surface area contributed by atoms with Crippen molar-refractivity contribution in [3.8, 4) is 11.3 Å². The van der Waals surface area contributed by atoms with Crippen molar-refractivity contribution in [3.63, 3.8) is 0 Å². The van der Waals surface area contributed by atoms with Crippen LogP contribution in [-0.2, 0) is 12.7 Å². The summed E-state index contributed by atoms with van der Waals surface area (Å²) in [6.07, 6.45) is -2.61. The lowest BCUT2D eigenvalue weighted by Gasteiger charge is -2.31. The van der Waals surface area contributed by atoms with Gasteiger partial charge in [0.05, 0.1) is 16.2 Å². The smallest absolute Gasteiger partial charge is 0.271 e. The summed E-state index contributed by atoms with van der Waals surface area (Å²) < 4.78 is 40.0. The molecule has 2 aromatic carbocycles. The fraction of sp³-hybridized carbons (Fsp3) is 0.318. The molecule has 0 spiro atoms. The Kier molecular flexibility index (Phi) is 5.70. The molecular formula is C22H22F3N3O2. The Morgan fingerprint density at radius 1 is 1.07 bits per heavy atom. The Bertz CT molecular complexity index is 1030. The SMILES string of the molecule is CC(C)(C)[C@H](Cn1ccc(-c2ccc(C(F)(F)F)cc2)n1)c1cccc([N+](=O)[O-])c1. The molecule has 1 heterocycles. The van der Waals surface area contributed by atoms with E-state index in [1.807, 2.05) is 6.07 Å². The molecule has 8 heteroatoms. The molecule has 3 aromatic rings. The molecule has 0 aliphatic rings. The number of hydrogen-bond acceptors (Lipinski definition) is 3. The van der Waals surface area contributed by atoms with Crippen LogP contribution in [0.15, 0.2) is 60.8 Å². The molecule has 0 bridgehead atoms. The van der Waals surface area contributed by atoms with E-state index in [0.29, 0.717) is 17.8 Å². The first-order valence-electron chi connectivity index (χ1n) is 9.40. The molecule has 0 unspecified atom stereocenters. The highest BCUT2D eigenvalue weighted by molar-refractivity contribution is 5.59. The third-order valence-corrected chi connectivity index (χ3v) is 5.05. The first-order chi connectivity index (χ1) is 13.9. The van der Waals surface area contributed by atoms with E-state index in [-0.39, 0.29) is 17.0 Å². The number of nitro benzene ring substituents is 1. The van der Waals surface area contributed by atoms with Crippen molar-refractivity contribution in [3.05, 3.63) is 82.0 Å². The van der Waals surface area contributed by atoms with E-state index >= 15 is 0 Å². The van der Waals surface area contributed by atoms with Gasteiger partial charge in [-0.3, -0.25) is 14.8 Å². The topological polar surface area (TPSA) is 61.0 Å². The summed E-state index contributed by atoms with van der Waals surface area (Å²) in [5, 5.41) is 15.7. The number of halogens is 3. The Morgan fingerprint density at radius 2 is 1.73 bits per heavy atom. The van der Waals surface area contributed by atoms with E-state index in [4.69, 9.17) is 0 Å². The first-order valence-corrected chi connectivity index (χ1v) is 9.40. The van der Waals surface area contributed by atoms with Crippen molar-refractivity contribution in [2.24, 2.45) is 5.41 Å². The highest BCUT2D eigenvalue weighted by atomic mass is 19.4. The van der Waals surface area contributed by atoms with Crippen LogP contribution in [0.2, 0.25) is 0 Å². The van der Waals surface area contributed by atoms with Crippen molar-refractivity contribution in [2.45, 2.75) is 39.4 Å². The number of benzene rings is 2. The minimum atomic E-state index is -4.38. The molecule has 30 heavy (non-hydrogen) atoms. The van der Waals surface area contributed by atoms with Crippen LogP contribution < -0.4 is 0 Å². The molecule has 0 saturated heterocycles. The molecule has 5 nitrogen and oxygen atoms in total. The summed E-state index contributed by atoms with van der Waals surface area (Å²) in [5.41, 5.74) is 1.12. The van der Waals surface area contributed by atoms with Gasteiger partial charge in [0.15, 0.2) is 0 Å². The number of alkyl halides is 3. The minimum absolute atomic E-state index is 0.0349. The van der Waals surface area contributed by atoms with Gasteiger partial charge in [-0.25, -0.2) is 0 Å². The number of rotatable bonds is 5. The lowest BCUT2D eigenvalue weighted by Crippen LogP contribution is -2.23. The van der Waals surface area contributed by atoms with Crippen LogP contribution in [-0.4, -0.2) is 14.7 Å². The Hall–Kier alpha value is -3.16. The fourth-order valence-electron chi connectivity index (χ4n) is 3.37. The normalized spacial score (nSPS) is 13.3. The van der Waals surface area contributed by atoms with Crippen LogP contribution in [0.3, 0.4) is 0 Å².